The molecule has 166 valence electrons. The molecular formula is C26H23N3O4. The van der Waals surface area contributed by atoms with E-state index in [1.807, 2.05) is 59.6 Å². The Morgan fingerprint density at radius 3 is 2.42 bits per heavy atom. The SMILES string of the molecule is COc1cccc(C2=NN(CN3C(=O)C(=O)c4ccccc43)[C@@H](c3cccc(OC)c3)C2)c1. The van der Waals surface area contributed by atoms with E-state index >= 15 is 0 Å². The second kappa shape index (κ2) is 8.43. The number of benzene rings is 3. The summed E-state index contributed by atoms with van der Waals surface area (Å²) in [6.07, 6.45) is 0.637. The van der Waals surface area contributed by atoms with Crippen LogP contribution in [-0.4, -0.2) is 43.3 Å². The van der Waals surface area contributed by atoms with Gasteiger partial charge in [-0.15, -0.1) is 0 Å². The zero-order valence-corrected chi connectivity index (χ0v) is 18.4. The van der Waals surface area contributed by atoms with Crippen molar-refractivity contribution in [3.8, 4) is 11.5 Å². The van der Waals surface area contributed by atoms with Gasteiger partial charge in [-0.3, -0.25) is 19.5 Å². The zero-order chi connectivity index (χ0) is 22.9. The Morgan fingerprint density at radius 2 is 1.64 bits per heavy atom. The fourth-order valence-electron chi connectivity index (χ4n) is 4.33. The van der Waals surface area contributed by atoms with Gasteiger partial charge < -0.3 is 9.47 Å². The molecule has 0 unspecified atom stereocenters. The number of hydrogen-bond donors (Lipinski definition) is 0. The van der Waals surface area contributed by atoms with Gasteiger partial charge in [0.2, 0.25) is 0 Å². The van der Waals surface area contributed by atoms with Crippen molar-refractivity contribution in [1.29, 1.82) is 0 Å². The molecule has 1 atom stereocenters. The summed E-state index contributed by atoms with van der Waals surface area (Å²) in [6, 6.07) is 22.5. The maximum atomic E-state index is 12.8. The largest absolute Gasteiger partial charge is 0.497 e. The first-order valence-corrected chi connectivity index (χ1v) is 10.7. The number of methoxy groups -OCH3 is 2. The number of carbonyl (C=O) groups excluding carboxylic acids is 2. The summed E-state index contributed by atoms with van der Waals surface area (Å²) in [5, 5.41) is 6.76. The van der Waals surface area contributed by atoms with E-state index in [0.717, 1.165) is 28.3 Å². The summed E-state index contributed by atoms with van der Waals surface area (Å²) in [7, 11) is 3.27. The molecule has 3 aromatic carbocycles. The number of anilines is 1. The molecule has 0 spiro atoms. The molecule has 5 rings (SSSR count). The van der Waals surface area contributed by atoms with Crippen molar-refractivity contribution in [2.45, 2.75) is 12.5 Å². The third-order valence-corrected chi connectivity index (χ3v) is 6.04. The molecule has 2 aliphatic rings. The lowest BCUT2D eigenvalue weighted by Gasteiger charge is -2.28. The molecule has 0 saturated heterocycles. The van der Waals surface area contributed by atoms with Gasteiger partial charge in [0, 0.05) is 12.0 Å². The van der Waals surface area contributed by atoms with Gasteiger partial charge in [0.25, 0.3) is 5.78 Å². The number of rotatable bonds is 6. The van der Waals surface area contributed by atoms with Crippen molar-refractivity contribution >= 4 is 23.1 Å². The maximum absolute atomic E-state index is 12.8. The van der Waals surface area contributed by atoms with E-state index in [1.54, 1.807) is 32.4 Å². The van der Waals surface area contributed by atoms with Crippen LogP contribution >= 0.6 is 0 Å². The standard InChI is InChI=1S/C26H23N3O4/c1-32-19-9-5-7-17(13-19)22-15-24(18-8-6-10-20(14-18)33-2)29(27-22)16-28-23-12-4-3-11-21(23)25(30)26(28)31/h3-14,24H,15-16H2,1-2H3/t24-/m1/s1. The first kappa shape index (κ1) is 20.8. The highest BCUT2D eigenvalue weighted by atomic mass is 16.5. The van der Waals surface area contributed by atoms with Crippen molar-refractivity contribution in [3.05, 3.63) is 89.5 Å². The molecule has 0 radical (unpaired) electrons. The molecule has 0 N–H and O–H groups in total. The number of carbonyl (C=O) groups is 2. The van der Waals surface area contributed by atoms with E-state index < -0.39 is 11.7 Å². The number of Topliss-reactive ketones (excluding diaryl/α,β-unsaturated/α-hetero) is 1. The van der Waals surface area contributed by atoms with Crippen molar-refractivity contribution in [2.75, 3.05) is 25.8 Å². The quantitative estimate of drug-likeness (QED) is 0.540. The van der Waals surface area contributed by atoms with Gasteiger partial charge in [0.15, 0.2) is 0 Å². The first-order valence-electron chi connectivity index (χ1n) is 10.7. The van der Waals surface area contributed by atoms with Gasteiger partial charge in [-0.25, -0.2) is 0 Å². The fourth-order valence-corrected chi connectivity index (χ4v) is 4.33. The maximum Gasteiger partial charge on any atom is 0.301 e. The van der Waals surface area contributed by atoms with Crippen LogP contribution in [0, 0.1) is 0 Å². The van der Waals surface area contributed by atoms with E-state index in [4.69, 9.17) is 14.6 Å². The molecule has 0 fully saturated rings. The monoisotopic (exact) mass is 441 g/mol. The average Bonchev–Trinajstić information content (AvgIpc) is 3.40. The molecule has 7 nitrogen and oxygen atoms in total. The van der Waals surface area contributed by atoms with Gasteiger partial charge in [-0.05, 0) is 42.0 Å². The average molecular weight is 441 g/mol. The Bertz CT molecular complexity index is 1270. The summed E-state index contributed by atoms with van der Waals surface area (Å²) in [5.41, 5.74) is 3.89. The molecule has 7 heteroatoms. The van der Waals surface area contributed by atoms with E-state index in [-0.39, 0.29) is 12.7 Å². The van der Waals surface area contributed by atoms with Crippen LogP contribution in [0.25, 0.3) is 0 Å². The van der Waals surface area contributed by atoms with Gasteiger partial charge >= 0.3 is 5.91 Å². The van der Waals surface area contributed by atoms with Gasteiger partial charge in [-0.1, -0.05) is 36.4 Å². The normalized spacial score (nSPS) is 17.3. The van der Waals surface area contributed by atoms with E-state index in [0.29, 0.717) is 17.7 Å². The lowest BCUT2D eigenvalue weighted by molar-refractivity contribution is -0.114. The third-order valence-electron chi connectivity index (χ3n) is 6.04. The second-order valence-electron chi connectivity index (χ2n) is 7.94. The van der Waals surface area contributed by atoms with Crippen LogP contribution in [0.2, 0.25) is 0 Å². The predicted octanol–water partition coefficient (Wildman–Crippen LogP) is 4.04. The van der Waals surface area contributed by atoms with E-state index in [9.17, 15) is 9.59 Å². The minimum absolute atomic E-state index is 0.128. The molecule has 0 aromatic heterocycles. The van der Waals surface area contributed by atoms with Crippen LogP contribution in [0.4, 0.5) is 5.69 Å². The molecule has 2 aliphatic heterocycles. The Kier molecular flexibility index (Phi) is 5.30. The first-order chi connectivity index (χ1) is 16.1. The zero-order valence-electron chi connectivity index (χ0n) is 18.4. The van der Waals surface area contributed by atoms with Crippen LogP contribution in [0.3, 0.4) is 0 Å². The smallest absolute Gasteiger partial charge is 0.301 e. The van der Waals surface area contributed by atoms with E-state index in [1.165, 1.54) is 4.90 Å². The number of hydrazone groups is 1. The Morgan fingerprint density at radius 1 is 0.909 bits per heavy atom. The van der Waals surface area contributed by atoms with Crippen LogP contribution < -0.4 is 14.4 Å². The topological polar surface area (TPSA) is 71.4 Å². The molecule has 2 heterocycles. The summed E-state index contributed by atoms with van der Waals surface area (Å²) in [6.45, 7) is 0.164. The van der Waals surface area contributed by atoms with Crippen molar-refractivity contribution < 1.29 is 19.1 Å². The molecule has 0 bridgehead atoms. The highest BCUT2D eigenvalue weighted by Gasteiger charge is 2.39. The highest BCUT2D eigenvalue weighted by molar-refractivity contribution is 6.52. The summed E-state index contributed by atoms with van der Waals surface area (Å²) >= 11 is 0. The molecular weight excluding hydrogens is 418 g/mol. The third kappa shape index (κ3) is 3.71. The van der Waals surface area contributed by atoms with E-state index in [2.05, 4.69) is 0 Å². The van der Waals surface area contributed by atoms with Crippen molar-refractivity contribution in [3.63, 3.8) is 0 Å². The molecule has 0 saturated carbocycles. The number of hydrogen-bond acceptors (Lipinski definition) is 6. The lowest BCUT2D eigenvalue weighted by atomic mass is 9.98. The fraction of sp³-hybridized carbons (Fsp3) is 0.192. The minimum atomic E-state index is -0.536. The molecule has 0 aliphatic carbocycles. The highest BCUT2D eigenvalue weighted by Crippen LogP contribution is 2.37. The molecule has 1 amide bonds. The second-order valence-corrected chi connectivity index (χ2v) is 7.94. The minimum Gasteiger partial charge on any atom is -0.497 e. The number of amides is 1. The van der Waals surface area contributed by atoms with Crippen LogP contribution in [0.15, 0.2) is 77.9 Å². The predicted molar refractivity (Wildman–Crippen MR) is 125 cm³/mol. The van der Waals surface area contributed by atoms with Gasteiger partial charge in [-0.2, -0.15) is 5.10 Å². The Hall–Kier alpha value is -4.13. The van der Waals surface area contributed by atoms with Crippen LogP contribution in [0.5, 0.6) is 11.5 Å². The van der Waals surface area contributed by atoms with Crippen LogP contribution in [-0.2, 0) is 4.79 Å². The molecule has 33 heavy (non-hydrogen) atoms. The molecule has 3 aromatic rings. The number of fused-ring (bicyclic) bond motifs is 1. The number of para-hydroxylation sites is 1. The number of ketones is 1. The van der Waals surface area contributed by atoms with Gasteiger partial charge in [0.05, 0.1) is 37.2 Å². The van der Waals surface area contributed by atoms with Crippen molar-refractivity contribution in [1.82, 2.24) is 5.01 Å². The Balaban J connectivity index is 1.52. The number of nitrogens with zero attached hydrogens (tertiary/aromatic N) is 3. The van der Waals surface area contributed by atoms with Crippen molar-refractivity contribution in [2.24, 2.45) is 5.10 Å². The summed E-state index contributed by atoms with van der Waals surface area (Å²) in [4.78, 5) is 26.8. The van der Waals surface area contributed by atoms with Gasteiger partial charge in [0.1, 0.15) is 18.2 Å². The number of ether oxygens (including phenoxy) is 2. The summed E-state index contributed by atoms with van der Waals surface area (Å²) < 4.78 is 10.8. The Labute approximate surface area is 191 Å². The lowest BCUT2D eigenvalue weighted by Crippen LogP contribution is -2.39. The summed E-state index contributed by atoms with van der Waals surface area (Å²) in [5.74, 6) is 0.478. The van der Waals surface area contributed by atoms with Crippen LogP contribution in [0.1, 0.15) is 33.9 Å².